The highest BCUT2D eigenvalue weighted by Gasteiger charge is 2.28. The molecule has 5 nitrogen and oxygen atoms in total. The zero-order chi connectivity index (χ0) is 13.3. The van der Waals surface area contributed by atoms with Crippen LogP contribution in [-0.2, 0) is 11.3 Å². The van der Waals surface area contributed by atoms with Gasteiger partial charge in [0.1, 0.15) is 10.8 Å². The highest BCUT2D eigenvalue weighted by Crippen LogP contribution is 2.14. The molecule has 3 amide bonds. The van der Waals surface area contributed by atoms with Crippen LogP contribution < -0.4 is 11.1 Å². The summed E-state index contributed by atoms with van der Waals surface area (Å²) in [4.78, 5) is 23.7. The second-order valence-corrected chi connectivity index (χ2v) is 4.26. The molecule has 1 aliphatic rings. The Hall–Kier alpha value is -2.02. The van der Waals surface area contributed by atoms with E-state index in [1.54, 1.807) is 0 Å². The number of amides is 3. The number of nitrogens with two attached hydrogens (primary N) is 1. The minimum atomic E-state index is -0.525. The Bertz CT molecular complexity index is 531. The lowest BCUT2D eigenvalue weighted by atomic mass is 10.1. The van der Waals surface area contributed by atoms with Crippen LogP contribution in [0.4, 0.5) is 9.18 Å². The van der Waals surface area contributed by atoms with Gasteiger partial charge in [-0.2, -0.15) is 0 Å². The number of imide groups is 1. The highest BCUT2D eigenvalue weighted by molar-refractivity contribution is 7.80. The summed E-state index contributed by atoms with van der Waals surface area (Å²) in [6, 6.07) is 3.68. The number of thiocarbonyl (C=S) groups is 1. The van der Waals surface area contributed by atoms with Crippen molar-refractivity contribution in [3.8, 4) is 0 Å². The van der Waals surface area contributed by atoms with Gasteiger partial charge < -0.3 is 11.1 Å². The normalized spacial score (nSPS) is 14.8. The van der Waals surface area contributed by atoms with Gasteiger partial charge in [-0.3, -0.25) is 9.69 Å². The van der Waals surface area contributed by atoms with Crippen LogP contribution in [0, 0.1) is 5.82 Å². The van der Waals surface area contributed by atoms with E-state index in [0.29, 0.717) is 5.56 Å². The summed E-state index contributed by atoms with van der Waals surface area (Å²) in [5, 5.41) is 2.40. The fraction of sp³-hybridized carbons (Fsp3) is 0.182. The van der Waals surface area contributed by atoms with E-state index < -0.39 is 11.8 Å². The third kappa shape index (κ3) is 2.30. The standard InChI is InChI=1S/C11H10FN3O2S/c12-8-2-1-6(3-7(8)10(13)18)5-15-9(16)4-14-11(15)17/h1-3H,4-5H2,(H2,13,18)(H,14,17). The molecule has 0 radical (unpaired) electrons. The molecule has 18 heavy (non-hydrogen) atoms. The zero-order valence-corrected chi connectivity index (χ0v) is 10.1. The predicted molar refractivity (Wildman–Crippen MR) is 66.2 cm³/mol. The molecule has 1 aliphatic heterocycles. The molecule has 0 aromatic heterocycles. The number of carbonyl (C=O) groups excluding carboxylic acids is 2. The molecular weight excluding hydrogens is 257 g/mol. The maximum Gasteiger partial charge on any atom is 0.324 e. The van der Waals surface area contributed by atoms with Crippen LogP contribution in [0.5, 0.6) is 0 Å². The fourth-order valence-corrected chi connectivity index (χ4v) is 1.81. The Morgan fingerprint density at radius 1 is 1.50 bits per heavy atom. The van der Waals surface area contributed by atoms with Crippen molar-refractivity contribution < 1.29 is 14.0 Å². The first-order chi connectivity index (χ1) is 8.49. The van der Waals surface area contributed by atoms with E-state index >= 15 is 0 Å². The highest BCUT2D eigenvalue weighted by atomic mass is 32.1. The van der Waals surface area contributed by atoms with Crippen LogP contribution in [0.3, 0.4) is 0 Å². The molecule has 0 aliphatic carbocycles. The minimum Gasteiger partial charge on any atom is -0.389 e. The van der Waals surface area contributed by atoms with Crippen molar-refractivity contribution in [3.05, 3.63) is 35.1 Å². The van der Waals surface area contributed by atoms with Crippen LogP contribution in [0.25, 0.3) is 0 Å². The Balaban J connectivity index is 2.24. The summed E-state index contributed by atoms with van der Waals surface area (Å²) in [6.45, 7) is 0.0583. The SMILES string of the molecule is NC(=S)c1cc(CN2C(=O)CNC2=O)ccc1F. The Kier molecular flexibility index (Phi) is 3.24. The second-order valence-electron chi connectivity index (χ2n) is 3.82. The number of hydrogen-bond donors (Lipinski definition) is 2. The molecule has 0 spiro atoms. The summed E-state index contributed by atoms with van der Waals surface area (Å²) in [6.07, 6.45) is 0. The van der Waals surface area contributed by atoms with Crippen LogP contribution in [0.2, 0.25) is 0 Å². The zero-order valence-electron chi connectivity index (χ0n) is 9.27. The quantitative estimate of drug-likeness (QED) is 0.618. The lowest BCUT2D eigenvalue weighted by Gasteiger charge is -2.13. The van der Waals surface area contributed by atoms with Gasteiger partial charge in [-0.25, -0.2) is 9.18 Å². The van der Waals surface area contributed by atoms with Gasteiger partial charge in [0.05, 0.1) is 13.1 Å². The Morgan fingerprint density at radius 2 is 2.22 bits per heavy atom. The third-order valence-electron chi connectivity index (χ3n) is 2.57. The molecule has 3 N–H and O–H groups in total. The summed E-state index contributed by atoms with van der Waals surface area (Å²) >= 11 is 4.72. The molecule has 1 saturated heterocycles. The number of nitrogens with one attached hydrogen (secondary N) is 1. The number of benzene rings is 1. The van der Waals surface area contributed by atoms with E-state index in [1.807, 2.05) is 0 Å². The van der Waals surface area contributed by atoms with Crippen molar-refractivity contribution in [2.24, 2.45) is 5.73 Å². The summed E-state index contributed by atoms with van der Waals surface area (Å²) in [5.41, 5.74) is 6.07. The molecular formula is C11H10FN3O2S. The Labute approximate surface area is 108 Å². The van der Waals surface area contributed by atoms with Crippen molar-refractivity contribution in [2.75, 3.05) is 6.54 Å². The minimum absolute atomic E-state index is 0.0117. The maximum atomic E-state index is 13.4. The summed E-state index contributed by atoms with van der Waals surface area (Å²) in [5.74, 6) is -0.843. The van der Waals surface area contributed by atoms with Crippen LogP contribution in [-0.4, -0.2) is 28.4 Å². The van der Waals surface area contributed by atoms with E-state index in [0.717, 1.165) is 4.90 Å². The Morgan fingerprint density at radius 3 is 2.78 bits per heavy atom. The summed E-state index contributed by atoms with van der Waals surface area (Å²) in [7, 11) is 0. The number of urea groups is 1. The second kappa shape index (κ2) is 4.69. The number of hydrogen-bond acceptors (Lipinski definition) is 3. The third-order valence-corrected chi connectivity index (χ3v) is 2.79. The first-order valence-corrected chi connectivity index (χ1v) is 5.56. The molecule has 0 atom stereocenters. The van der Waals surface area contributed by atoms with Gasteiger partial charge in [0, 0.05) is 5.56 Å². The first-order valence-electron chi connectivity index (χ1n) is 5.15. The lowest BCUT2D eigenvalue weighted by Crippen LogP contribution is -2.30. The maximum absolute atomic E-state index is 13.4. The average Bonchev–Trinajstić information content (AvgIpc) is 2.63. The fourth-order valence-electron chi connectivity index (χ4n) is 1.66. The van der Waals surface area contributed by atoms with E-state index in [4.69, 9.17) is 18.0 Å². The first kappa shape index (κ1) is 12.4. The van der Waals surface area contributed by atoms with E-state index in [9.17, 15) is 14.0 Å². The van der Waals surface area contributed by atoms with Crippen LogP contribution in [0.1, 0.15) is 11.1 Å². The van der Waals surface area contributed by atoms with Crippen molar-refractivity contribution in [1.82, 2.24) is 10.2 Å². The van der Waals surface area contributed by atoms with Gasteiger partial charge in [-0.1, -0.05) is 18.3 Å². The number of rotatable bonds is 3. The number of carbonyl (C=O) groups is 2. The lowest BCUT2D eigenvalue weighted by molar-refractivity contribution is -0.125. The van der Waals surface area contributed by atoms with Crippen LogP contribution >= 0.6 is 12.2 Å². The molecule has 0 unspecified atom stereocenters. The summed E-state index contributed by atoms with van der Waals surface area (Å²) < 4.78 is 13.4. The monoisotopic (exact) mass is 267 g/mol. The topological polar surface area (TPSA) is 75.4 Å². The van der Waals surface area contributed by atoms with Gasteiger partial charge in [-0.05, 0) is 17.7 Å². The van der Waals surface area contributed by atoms with Gasteiger partial charge in [0.25, 0.3) is 0 Å². The van der Waals surface area contributed by atoms with Gasteiger partial charge in [0.2, 0.25) is 5.91 Å². The van der Waals surface area contributed by atoms with Crippen molar-refractivity contribution in [2.45, 2.75) is 6.54 Å². The molecule has 1 aromatic carbocycles. The van der Waals surface area contributed by atoms with Gasteiger partial charge in [0.15, 0.2) is 0 Å². The molecule has 0 bridgehead atoms. The van der Waals surface area contributed by atoms with Crippen molar-refractivity contribution in [3.63, 3.8) is 0 Å². The smallest absolute Gasteiger partial charge is 0.324 e. The van der Waals surface area contributed by atoms with E-state index in [-0.39, 0.29) is 29.5 Å². The van der Waals surface area contributed by atoms with Crippen LogP contribution in [0.15, 0.2) is 18.2 Å². The number of halogens is 1. The van der Waals surface area contributed by atoms with E-state index in [2.05, 4.69) is 5.32 Å². The molecule has 1 aromatic rings. The van der Waals surface area contributed by atoms with Gasteiger partial charge >= 0.3 is 6.03 Å². The predicted octanol–water partition coefficient (Wildman–Crippen LogP) is 0.512. The molecule has 0 saturated carbocycles. The molecule has 1 fully saturated rings. The molecule has 7 heteroatoms. The molecule has 2 rings (SSSR count). The molecule has 1 heterocycles. The average molecular weight is 267 g/mol. The molecule has 94 valence electrons. The van der Waals surface area contributed by atoms with E-state index in [1.165, 1.54) is 18.2 Å². The largest absolute Gasteiger partial charge is 0.389 e. The number of nitrogens with zero attached hydrogens (tertiary/aromatic N) is 1. The van der Waals surface area contributed by atoms with Crippen molar-refractivity contribution in [1.29, 1.82) is 0 Å². The van der Waals surface area contributed by atoms with Gasteiger partial charge in [-0.15, -0.1) is 0 Å². The van der Waals surface area contributed by atoms with Crippen molar-refractivity contribution >= 4 is 29.1 Å².